The van der Waals surface area contributed by atoms with Gasteiger partial charge in [0.1, 0.15) is 12.4 Å². The minimum absolute atomic E-state index is 0.533. The maximum Gasteiger partial charge on any atom is 0.121 e. The molecule has 2 nitrogen and oxygen atoms in total. The SMILES string of the molecule is Cc1cccc2[nH]cc(COc3cccc(Cl)c3)c12. The minimum atomic E-state index is 0.533. The standard InChI is InChI=1S/C16H14ClNO/c1-11-4-2-7-15-16(11)12(9-18-15)10-19-14-6-3-5-13(17)8-14/h2-9,18H,10H2,1H3. The minimum Gasteiger partial charge on any atom is -0.489 e. The highest BCUT2D eigenvalue weighted by molar-refractivity contribution is 6.30. The summed E-state index contributed by atoms with van der Waals surface area (Å²) in [5, 5.41) is 1.93. The maximum absolute atomic E-state index is 5.94. The Hall–Kier alpha value is -1.93. The maximum atomic E-state index is 5.94. The predicted octanol–water partition coefficient (Wildman–Crippen LogP) is 4.71. The zero-order chi connectivity index (χ0) is 13.2. The first-order chi connectivity index (χ1) is 9.24. The van der Waals surface area contributed by atoms with E-state index in [1.165, 1.54) is 10.9 Å². The summed E-state index contributed by atoms with van der Waals surface area (Å²) in [7, 11) is 0. The number of nitrogens with one attached hydrogen (secondary N) is 1. The Balaban J connectivity index is 1.86. The van der Waals surface area contributed by atoms with Crippen LogP contribution < -0.4 is 4.74 Å². The molecule has 1 N–H and O–H groups in total. The molecule has 0 aliphatic carbocycles. The van der Waals surface area contributed by atoms with E-state index in [-0.39, 0.29) is 0 Å². The van der Waals surface area contributed by atoms with Crippen LogP contribution in [-0.4, -0.2) is 4.98 Å². The Morgan fingerprint density at radius 3 is 2.84 bits per heavy atom. The second-order valence-corrected chi connectivity index (χ2v) is 4.99. The molecule has 3 aromatic rings. The van der Waals surface area contributed by atoms with Crippen molar-refractivity contribution in [1.29, 1.82) is 0 Å². The van der Waals surface area contributed by atoms with Gasteiger partial charge in [0, 0.05) is 27.7 Å². The largest absolute Gasteiger partial charge is 0.489 e. The topological polar surface area (TPSA) is 25.0 Å². The summed E-state index contributed by atoms with van der Waals surface area (Å²) in [6.45, 7) is 2.64. The lowest BCUT2D eigenvalue weighted by molar-refractivity contribution is 0.307. The lowest BCUT2D eigenvalue weighted by Crippen LogP contribution is -1.94. The Kier molecular flexibility index (Phi) is 3.18. The lowest BCUT2D eigenvalue weighted by Gasteiger charge is -2.06. The Morgan fingerprint density at radius 2 is 2.00 bits per heavy atom. The number of halogens is 1. The van der Waals surface area contributed by atoms with E-state index in [1.54, 1.807) is 0 Å². The summed E-state index contributed by atoms with van der Waals surface area (Å²) in [6.07, 6.45) is 2.00. The number of hydrogen-bond donors (Lipinski definition) is 1. The third-order valence-electron chi connectivity index (χ3n) is 3.19. The van der Waals surface area contributed by atoms with Crippen molar-refractivity contribution < 1.29 is 4.74 Å². The van der Waals surface area contributed by atoms with Crippen LogP contribution >= 0.6 is 11.6 Å². The second-order valence-electron chi connectivity index (χ2n) is 4.56. The zero-order valence-corrected chi connectivity index (χ0v) is 11.4. The fourth-order valence-corrected chi connectivity index (χ4v) is 2.46. The van der Waals surface area contributed by atoms with Gasteiger partial charge in [-0.3, -0.25) is 0 Å². The van der Waals surface area contributed by atoms with Crippen molar-refractivity contribution in [3.05, 3.63) is 64.8 Å². The number of ether oxygens (including phenoxy) is 1. The van der Waals surface area contributed by atoms with E-state index >= 15 is 0 Å². The van der Waals surface area contributed by atoms with Crippen LogP contribution in [0.4, 0.5) is 0 Å². The van der Waals surface area contributed by atoms with Gasteiger partial charge in [0.05, 0.1) is 0 Å². The van der Waals surface area contributed by atoms with Crippen LogP contribution in [0.3, 0.4) is 0 Å². The Morgan fingerprint density at radius 1 is 1.16 bits per heavy atom. The molecule has 0 unspecified atom stereocenters. The fourth-order valence-electron chi connectivity index (χ4n) is 2.28. The van der Waals surface area contributed by atoms with Crippen molar-refractivity contribution >= 4 is 22.5 Å². The van der Waals surface area contributed by atoms with Crippen LogP contribution in [0.2, 0.25) is 5.02 Å². The smallest absolute Gasteiger partial charge is 0.121 e. The number of aromatic amines is 1. The van der Waals surface area contributed by atoms with Crippen molar-refractivity contribution in [3.8, 4) is 5.75 Å². The molecule has 0 radical (unpaired) electrons. The molecule has 0 saturated carbocycles. The van der Waals surface area contributed by atoms with Gasteiger partial charge in [-0.15, -0.1) is 0 Å². The van der Waals surface area contributed by atoms with Gasteiger partial charge in [-0.2, -0.15) is 0 Å². The average molecular weight is 272 g/mol. The molecule has 0 fully saturated rings. The van der Waals surface area contributed by atoms with E-state index in [0.717, 1.165) is 16.8 Å². The first-order valence-corrected chi connectivity index (χ1v) is 6.56. The molecule has 0 saturated heterocycles. The molecule has 1 aromatic heterocycles. The molecule has 0 bridgehead atoms. The highest BCUT2D eigenvalue weighted by Crippen LogP contribution is 2.24. The van der Waals surface area contributed by atoms with E-state index in [2.05, 4.69) is 30.1 Å². The first kappa shape index (κ1) is 12.1. The summed E-state index contributed by atoms with van der Waals surface area (Å²) in [5.41, 5.74) is 3.56. The van der Waals surface area contributed by atoms with Gasteiger partial charge >= 0.3 is 0 Å². The van der Waals surface area contributed by atoms with Crippen LogP contribution in [0.25, 0.3) is 10.9 Å². The van der Waals surface area contributed by atoms with Gasteiger partial charge in [-0.1, -0.05) is 29.8 Å². The van der Waals surface area contributed by atoms with E-state index in [9.17, 15) is 0 Å². The number of fused-ring (bicyclic) bond motifs is 1. The van der Waals surface area contributed by atoms with E-state index in [1.807, 2.05) is 30.5 Å². The molecule has 3 rings (SSSR count). The third-order valence-corrected chi connectivity index (χ3v) is 3.42. The van der Waals surface area contributed by atoms with Crippen LogP contribution in [0.5, 0.6) is 5.75 Å². The molecule has 96 valence electrons. The molecule has 19 heavy (non-hydrogen) atoms. The van der Waals surface area contributed by atoms with Crippen molar-refractivity contribution in [2.24, 2.45) is 0 Å². The predicted molar refractivity (Wildman–Crippen MR) is 78.8 cm³/mol. The molecule has 0 aliphatic rings. The highest BCUT2D eigenvalue weighted by atomic mass is 35.5. The molecule has 0 spiro atoms. The summed E-state index contributed by atoms with van der Waals surface area (Å²) in [6, 6.07) is 13.7. The monoisotopic (exact) mass is 271 g/mol. The van der Waals surface area contributed by atoms with Crippen LogP contribution in [0, 0.1) is 6.92 Å². The van der Waals surface area contributed by atoms with E-state index < -0.39 is 0 Å². The highest BCUT2D eigenvalue weighted by Gasteiger charge is 2.06. The molecule has 0 amide bonds. The summed E-state index contributed by atoms with van der Waals surface area (Å²) in [5.74, 6) is 0.787. The van der Waals surface area contributed by atoms with Crippen molar-refractivity contribution in [2.45, 2.75) is 13.5 Å². The molecular weight excluding hydrogens is 258 g/mol. The van der Waals surface area contributed by atoms with Gasteiger partial charge in [0.15, 0.2) is 0 Å². The number of hydrogen-bond acceptors (Lipinski definition) is 1. The van der Waals surface area contributed by atoms with Crippen LogP contribution in [0.1, 0.15) is 11.1 Å². The van der Waals surface area contributed by atoms with Gasteiger partial charge in [0.2, 0.25) is 0 Å². The summed E-state index contributed by atoms with van der Waals surface area (Å²) >= 11 is 5.94. The molecular formula is C16H14ClNO. The summed E-state index contributed by atoms with van der Waals surface area (Å²) < 4.78 is 5.79. The van der Waals surface area contributed by atoms with Gasteiger partial charge in [-0.05, 0) is 36.8 Å². The number of aryl methyl sites for hydroxylation is 1. The Labute approximate surface area is 117 Å². The number of rotatable bonds is 3. The lowest BCUT2D eigenvalue weighted by atomic mass is 10.1. The van der Waals surface area contributed by atoms with Crippen molar-refractivity contribution in [1.82, 2.24) is 4.98 Å². The fraction of sp³-hybridized carbons (Fsp3) is 0.125. The van der Waals surface area contributed by atoms with Crippen LogP contribution in [0.15, 0.2) is 48.7 Å². The van der Waals surface area contributed by atoms with E-state index in [0.29, 0.717) is 11.6 Å². The van der Waals surface area contributed by atoms with Gasteiger partial charge < -0.3 is 9.72 Å². The second kappa shape index (κ2) is 4.98. The Bertz CT molecular complexity index is 718. The first-order valence-electron chi connectivity index (χ1n) is 6.18. The molecule has 0 atom stereocenters. The molecule has 0 aliphatic heterocycles. The summed E-state index contributed by atoms with van der Waals surface area (Å²) in [4.78, 5) is 3.27. The normalized spacial score (nSPS) is 10.8. The number of aromatic nitrogens is 1. The quantitative estimate of drug-likeness (QED) is 0.733. The third kappa shape index (κ3) is 2.45. The van der Waals surface area contributed by atoms with Crippen LogP contribution in [-0.2, 0) is 6.61 Å². The van der Waals surface area contributed by atoms with Crippen molar-refractivity contribution in [2.75, 3.05) is 0 Å². The average Bonchev–Trinajstić information content (AvgIpc) is 2.81. The van der Waals surface area contributed by atoms with Gasteiger partial charge in [-0.25, -0.2) is 0 Å². The molecule has 1 heterocycles. The van der Waals surface area contributed by atoms with E-state index in [4.69, 9.17) is 16.3 Å². The zero-order valence-electron chi connectivity index (χ0n) is 10.6. The molecule has 2 aromatic carbocycles. The number of benzene rings is 2. The molecule has 3 heteroatoms. The van der Waals surface area contributed by atoms with Gasteiger partial charge in [0.25, 0.3) is 0 Å². The van der Waals surface area contributed by atoms with Crippen molar-refractivity contribution in [3.63, 3.8) is 0 Å². The number of H-pyrrole nitrogens is 1.